The van der Waals surface area contributed by atoms with Crippen molar-refractivity contribution in [1.29, 1.82) is 0 Å². The number of hydrogen-bond donors (Lipinski definition) is 3. The third-order valence-corrected chi connectivity index (χ3v) is 14.3. The van der Waals surface area contributed by atoms with Crippen LogP contribution in [0, 0.1) is 0 Å². The number of hydrogen-bond acceptors (Lipinski definition) is 3. The van der Waals surface area contributed by atoms with E-state index in [9.17, 15) is 15.0 Å². The standard InChI is InChI=1S/C64H121NO3/c1-3-5-7-9-11-13-15-17-19-21-23-25-26-27-28-29-30-31-32-33-34-35-36-37-38-40-42-44-46-48-50-52-54-56-58-60-64(68)65-62(61-66)63(67)59-57-55-53-51-49-47-45-43-41-39-24-22-20-18-16-14-12-10-8-6-4-2/h21,23,41,43,49,51,57,59,62-63,66-67H,3-20,22,24-40,42,44-48,50,52-56,58,60-61H2,1-2H3,(H,65,68)/b23-21-,43-41+,51-49+,59-57+. The van der Waals surface area contributed by atoms with E-state index in [1.807, 2.05) is 6.08 Å². The molecule has 0 fully saturated rings. The molecule has 0 aromatic carbocycles. The first kappa shape index (κ1) is 66.3. The average Bonchev–Trinajstić information content (AvgIpc) is 3.34. The Kier molecular flexibility index (Phi) is 58.2. The van der Waals surface area contributed by atoms with E-state index >= 15 is 0 Å². The topological polar surface area (TPSA) is 69.6 Å². The lowest BCUT2D eigenvalue weighted by Gasteiger charge is -2.19. The fourth-order valence-electron chi connectivity index (χ4n) is 9.56. The third kappa shape index (κ3) is 55.3. The summed E-state index contributed by atoms with van der Waals surface area (Å²) in [5.74, 6) is -0.0723. The van der Waals surface area contributed by atoms with Gasteiger partial charge in [-0.15, -0.1) is 0 Å². The molecule has 0 aromatic rings. The van der Waals surface area contributed by atoms with E-state index in [0.29, 0.717) is 6.42 Å². The van der Waals surface area contributed by atoms with Crippen molar-refractivity contribution >= 4 is 5.91 Å². The molecule has 0 saturated carbocycles. The quantitative estimate of drug-likeness (QED) is 0.0420. The number of allylic oxidation sites excluding steroid dienone is 7. The molecule has 0 rings (SSSR count). The summed E-state index contributed by atoms with van der Waals surface area (Å²) in [7, 11) is 0. The highest BCUT2D eigenvalue weighted by Crippen LogP contribution is 2.17. The average molecular weight is 953 g/mol. The van der Waals surface area contributed by atoms with Gasteiger partial charge in [0.05, 0.1) is 18.8 Å². The molecule has 0 bridgehead atoms. The predicted molar refractivity (Wildman–Crippen MR) is 304 cm³/mol. The first-order valence-corrected chi connectivity index (χ1v) is 30.9. The van der Waals surface area contributed by atoms with E-state index in [1.165, 1.54) is 276 Å². The molecule has 0 saturated heterocycles. The van der Waals surface area contributed by atoms with E-state index < -0.39 is 12.1 Å². The van der Waals surface area contributed by atoms with Crippen LogP contribution in [0.1, 0.15) is 335 Å². The molecular formula is C64H121NO3. The molecule has 2 atom stereocenters. The summed E-state index contributed by atoms with van der Waals surface area (Å²) in [5.41, 5.74) is 0. The molecule has 400 valence electrons. The van der Waals surface area contributed by atoms with Crippen LogP contribution in [0.5, 0.6) is 0 Å². The maximum Gasteiger partial charge on any atom is 0.220 e. The van der Waals surface area contributed by atoms with Crippen LogP contribution in [0.2, 0.25) is 0 Å². The van der Waals surface area contributed by atoms with Gasteiger partial charge in [0.2, 0.25) is 5.91 Å². The maximum absolute atomic E-state index is 12.5. The molecule has 2 unspecified atom stereocenters. The van der Waals surface area contributed by atoms with Crippen molar-refractivity contribution in [3.05, 3.63) is 48.6 Å². The molecule has 0 aliphatic rings. The normalized spacial score (nSPS) is 13.1. The van der Waals surface area contributed by atoms with Gasteiger partial charge in [-0.3, -0.25) is 4.79 Å². The molecule has 0 aromatic heterocycles. The first-order chi connectivity index (χ1) is 33.7. The molecule has 0 aliphatic heterocycles. The molecule has 3 N–H and O–H groups in total. The van der Waals surface area contributed by atoms with Crippen LogP contribution in [-0.4, -0.2) is 34.9 Å². The Morgan fingerprint density at radius 1 is 0.338 bits per heavy atom. The molecule has 0 aliphatic carbocycles. The monoisotopic (exact) mass is 952 g/mol. The maximum atomic E-state index is 12.5. The molecular weight excluding hydrogens is 831 g/mol. The van der Waals surface area contributed by atoms with Crippen LogP contribution in [0.4, 0.5) is 0 Å². The van der Waals surface area contributed by atoms with Crippen LogP contribution < -0.4 is 5.32 Å². The van der Waals surface area contributed by atoms with Gasteiger partial charge in [0.1, 0.15) is 0 Å². The number of carbonyl (C=O) groups is 1. The van der Waals surface area contributed by atoms with Gasteiger partial charge in [-0.1, -0.05) is 306 Å². The minimum absolute atomic E-state index is 0.0723. The van der Waals surface area contributed by atoms with E-state index in [-0.39, 0.29) is 12.5 Å². The fraction of sp³-hybridized carbons (Fsp3) is 0.859. The molecule has 0 radical (unpaired) electrons. The molecule has 68 heavy (non-hydrogen) atoms. The second-order valence-corrected chi connectivity index (χ2v) is 21.1. The van der Waals surface area contributed by atoms with E-state index in [2.05, 4.69) is 55.6 Å². The van der Waals surface area contributed by atoms with Crippen molar-refractivity contribution in [3.8, 4) is 0 Å². The van der Waals surface area contributed by atoms with Gasteiger partial charge in [0.15, 0.2) is 0 Å². The number of aliphatic hydroxyl groups excluding tert-OH is 2. The van der Waals surface area contributed by atoms with Crippen molar-refractivity contribution in [2.24, 2.45) is 0 Å². The van der Waals surface area contributed by atoms with Crippen LogP contribution in [-0.2, 0) is 4.79 Å². The highest BCUT2D eigenvalue weighted by molar-refractivity contribution is 5.76. The number of unbranched alkanes of at least 4 members (excludes halogenated alkanes) is 44. The molecule has 4 nitrogen and oxygen atoms in total. The Labute approximate surface area is 426 Å². The minimum Gasteiger partial charge on any atom is -0.394 e. The van der Waals surface area contributed by atoms with Crippen molar-refractivity contribution in [1.82, 2.24) is 5.32 Å². The van der Waals surface area contributed by atoms with Crippen LogP contribution in [0.15, 0.2) is 48.6 Å². The van der Waals surface area contributed by atoms with Crippen LogP contribution in [0.3, 0.4) is 0 Å². The third-order valence-electron chi connectivity index (χ3n) is 14.3. The summed E-state index contributed by atoms with van der Waals surface area (Å²) in [6, 6.07) is -0.645. The van der Waals surface area contributed by atoms with Gasteiger partial charge in [-0.05, 0) is 70.6 Å². The van der Waals surface area contributed by atoms with Crippen LogP contribution >= 0.6 is 0 Å². The second kappa shape index (κ2) is 59.7. The largest absolute Gasteiger partial charge is 0.394 e. The van der Waals surface area contributed by atoms with Gasteiger partial charge in [-0.2, -0.15) is 0 Å². The summed E-state index contributed by atoms with van der Waals surface area (Å²) in [6.07, 6.45) is 83.1. The van der Waals surface area contributed by atoms with E-state index in [1.54, 1.807) is 6.08 Å². The highest BCUT2D eigenvalue weighted by Gasteiger charge is 2.18. The molecule has 0 spiro atoms. The second-order valence-electron chi connectivity index (χ2n) is 21.1. The first-order valence-electron chi connectivity index (χ1n) is 30.9. The van der Waals surface area contributed by atoms with Crippen molar-refractivity contribution in [3.63, 3.8) is 0 Å². The van der Waals surface area contributed by atoms with Crippen molar-refractivity contribution < 1.29 is 15.0 Å². The molecule has 4 heteroatoms. The number of amides is 1. The SMILES string of the molecule is CCCCCCCCCC/C=C\CCCCCCCCCCCCCCCCCCCCCCCCCC(=O)NC(CO)C(O)/C=C/CC/C=C/CC/C=C/CCCCCCCCCCCCC. The van der Waals surface area contributed by atoms with E-state index in [0.717, 1.165) is 38.5 Å². The van der Waals surface area contributed by atoms with Crippen molar-refractivity contribution in [2.45, 2.75) is 347 Å². The highest BCUT2D eigenvalue weighted by atomic mass is 16.3. The Bertz CT molecular complexity index is 1080. The lowest BCUT2D eigenvalue weighted by molar-refractivity contribution is -0.123. The molecule has 0 heterocycles. The van der Waals surface area contributed by atoms with E-state index in [4.69, 9.17) is 0 Å². The number of aliphatic hydroxyl groups is 2. The Balaban J connectivity index is 3.46. The van der Waals surface area contributed by atoms with Gasteiger partial charge < -0.3 is 15.5 Å². The Morgan fingerprint density at radius 3 is 0.853 bits per heavy atom. The summed E-state index contributed by atoms with van der Waals surface area (Å²) in [5, 5.41) is 23.2. The fourth-order valence-corrected chi connectivity index (χ4v) is 9.56. The smallest absolute Gasteiger partial charge is 0.220 e. The van der Waals surface area contributed by atoms with Gasteiger partial charge in [0, 0.05) is 6.42 Å². The van der Waals surface area contributed by atoms with Gasteiger partial charge in [0.25, 0.3) is 0 Å². The number of rotatable bonds is 57. The number of nitrogens with one attached hydrogen (secondary N) is 1. The summed E-state index contributed by atoms with van der Waals surface area (Å²) < 4.78 is 0. The summed E-state index contributed by atoms with van der Waals surface area (Å²) in [4.78, 5) is 12.5. The summed E-state index contributed by atoms with van der Waals surface area (Å²) >= 11 is 0. The summed E-state index contributed by atoms with van der Waals surface area (Å²) in [6.45, 7) is 4.32. The zero-order valence-corrected chi connectivity index (χ0v) is 46.1. The Morgan fingerprint density at radius 2 is 0.574 bits per heavy atom. The minimum atomic E-state index is -0.870. The lowest BCUT2D eigenvalue weighted by Crippen LogP contribution is -2.45. The number of carbonyl (C=O) groups excluding carboxylic acids is 1. The Hall–Kier alpha value is -1.65. The zero-order chi connectivity index (χ0) is 49.2. The van der Waals surface area contributed by atoms with Crippen LogP contribution in [0.25, 0.3) is 0 Å². The lowest BCUT2D eigenvalue weighted by atomic mass is 10.0. The van der Waals surface area contributed by atoms with Crippen molar-refractivity contribution in [2.75, 3.05) is 6.61 Å². The zero-order valence-electron chi connectivity index (χ0n) is 46.1. The van der Waals surface area contributed by atoms with Gasteiger partial charge >= 0.3 is 0 Å². The predicted octanol–water partition coefficient (Wildman–Crippen LogP) is 20.6. The van der Waals surface area contributed by atoms with Gasteiger partial charge in [-0.25, -0.2) is 0 Å². The molecule has 1 amide bonds.